The molecule has 1 fully saturated rings. The summed E-state index contributed by atoms with van der Waals surface area (Å²) in [6.45, 7) is 6.46. The van der Waals surface area contributed by atoms with Crippen LogP contribution in [0.1, 0.15) is 42.5 Å². The molecule has 28 heavy (non-hydrogen) atoms. The summed E-state index contributed by atoms with van der Waals surface area (Å²) in [6, 6.07) is 6.06. The van der Waals surface area contributed by atoms with Gasteiger partial charge in [-0.3, -0.25) is 4.98 Å². The first kappa shape index (κ1) is 20.6. The van der Waals surface area contributed by atoms with Crippen molar-refractivity contribution in [3.05, 3.63) is 60.1 Å². The van der Waals surface area contributed by atoms with Crippen molar-refractivity contribution in [2.75, 3.05) is 0 Å². The lowest BCUT2D eigenvalue weighted by molar-refractivity contribution is -0.142. The average molecular weight is 400 g/mol. The third kappa shape index (κ3) is 4.66. The van der Waals surface area contributed by atoms with Gasteiger partial charge in [0.2, 0.25) is 0 Å². The highest BCUT2D eigenvalue weighted by Gasteiger charge is 2.38. The summed E-state index contributed by atoms with van der Waals surface area (Å²) in [4.78, 5) is 4.20. The molecule has 0 aliphatic heterocycles. The molecule has 2 aromatic rings. The van der Waals surface area contributed by atoms with Gasteiger partial charge in [0.05, 0.1) is 22.5 Å². The zero-order valence-electron chi connectivity index (χ0n) is 14.8. The highest BCUT2D eigenvalue weighted by Crippen LogP contribution is 2.40. The maximum absolute atomic E-state index is 13.4. The van der Waals surface area contributed by atoms with Crippen LogP contribution in [0.4, 0.5) is 26.3 Å². The molecule has 0 unspecified atom stereocenters. The molecule has 0 spiro atoms. The predicted molar refractivity (Wildman–Crippen MR) is 92.0 cm³/mol. The smallest absolute Gasteiger partial charge is 0.305 e. The number of hydrogen-bond donors (Lipinski definition) is 1. The maximum Gasteiger partial charge on any atom is 0.417 e. The molecule has 2 radical (unpaired) electrons. The Kier molecular flexibility index (Phi) is 5.44. The van der Waals surface area contributed by atoms with Gasteiger partial charge in [0, 0.05) is 17.6 Å². The summed E-state index contributed by atoms with van der Waals surface area (Å²) in [5.41, 5.74) is -3.23. The fourth-order valence-corrected chi connectivity index (χ4v) is 3.36. The van der Waals surface area contributed by atoms with Crippen molar-refractivity contribution in [3.63, 3.8) is 0 Å². The average Bonchev–Trinajstić information content (AvgIpc) is 3.05. The Morgan fingerprint density at radius 3 is 2.25 bits per heavy atom. The number of halogens is 6. The SMILES string of the molecule is [CH]C1(NCc2cccc(-c3ccc(C(F)(F)F)cc3C(F)(F)F)n2)CCCC1. The van der Waals surface area contributed by atoms with Crippen LogP contribution in [0, 0.1) is 6.92 Å². The number of rotatable bonds is 4. The number of nitrogens with one attached hydrogen (secondary N) is 1. The van der Waals surface area contributed by atoms with Crippen LogP contribution in [-0.2, 0) is 18.9 Å². The fourth-order valence-electron chi connectivity index (χ4n) is 3.36. The molecule has 1 aromatic carbocycles. The van der Waals surface area contributed by atoms with Crippen molar-refractivity contribution in [3.8, 4) is 11.3 Å². The minimum absolute atomic E-state index is 0.0437. The van der Waals surface area contributed by atoms with Gasteiger partial charge in [-0.1, -0.05) is 25.0 Å². The summed E-state index contributed by atoms with van der Waals surface area (Å²) in [5, 5.41) is 3.17. The summed E-state index contributed by atoms with van der Waals surface area (Å²) >= 11 is 0. The van der Waals surface area contributed by atoms with Crippen LogP contribution in [0.15, 0.2) is 36.4 Å². The van der Waals surface area contributed by atoms with E-state index in [0.717, 1.165) is 31.7 Å². The first-order valence-electron chi connectivity index (χ1n) is 8.77. The van der Waals surface area contributed by atoms with E-state index in [1.165, 1.54) is 12.1 Å². The topological polar surface area (TPSA) is 24.9 Å². The molecule has 1 N–H and O–H groups in total. The lowest BCUT2D eigenvalue weighted by Gasteiger charge is -2.24. The molecule has 2 nitrogen and oxygen atoms in total. The predicted octanol–water partition coefficient (Wildman–Crippen LogP) is 5.90. The van der Waals surface area contributed by atoms with Gasteiger partial charge in [0.15, 0.2) is 0 Å². The zero-order chi connectivity index (χ0) is 20.6. The van der Waals surface area contributed by atoms with E-state index >= 15 is 0 Å². The molecule has 0 bridgehead atoms. The molecular formula is C20H18F6N2. The molecular weight excluding hydrogens is 382 g/mol. The van der Waals surface area contributed by atoms with Gasteiger partial charge in [-0.2, -0.15) is 26.3 Å². The van der Waals surface area contributed by atoms with E-state index in [4.69, 9.17) is 6.92 Å². The highest BCUT2D eigenvalue weighted by atomic mass is 19.4. The quantitative estimate of drug-likeness (QED) is 0.647. The summed E-state index contributed by atoms with van der Waals surface area (Å²) < 4.78 is 78.7. The van der Waals surface area contributed by atoms with Crippen LogP contribution in [0.25, 0.3) is 11.3 Å². The van der Waals surface area contributed by atoms with E-state index in [2.05, 4.69) is 10.3 Å². The largest absolute Gasteiger partial charge is 0.417 e. The van der Waals surface area contributed by atoms with E-state index in [9.17, 15) is 26.3 Å². The lowest BCUT2D eigenvalue weighted by Crippen LogP contribution is -2.39. The van der Waals surface area contributed by atoms with Crippen LogP contribution < -0.4 is 5.32 Å². The first-order valence-corrected chi connectivity index (χ1v) is 8.77. The number of hydrogen-bond acceptors (Lipinski definition) is 2. The number of nitrogens with zero attached hydrogens (tertiary/aromatic N) is 1. The number of alkyl halides is 6. The van der Waals surface area contributed by atoms with Crippen molar-refractivity contribution in [1.82, 2.24) is 10.3 Å². The monoisotopic (exact) mass is 400 g/mol. The Bertz CT molecular complexity index is 835. The Hall–Kier alpha value is -2.09. The van der Waals surface area contributed by atoms with E-state index in [-0.39, 0.29) is 18.3 Å². The van der Waals surface area contributed by atoms with Gasteiger partial charge in [0.1, 0.15) is 0 Å². The second-order valence-electron chi connectivity index (χ2n) is 6.99. The Morgan fingerprint density at radius 2 is 1.64 bits per heavy atom. The van der Waals surface area contributed by atoms with Crippen molar-refractivity contribution in [2.45, 2.75) is 50.1 Å². The van der Waals surface area contributed by atoms with Crippen LogP contribution in [-0.4, -0.2) is 10.5 Å². The molecule has 1 aliphatic rings. The van der Waals surface area contributed by atoms with Gasteiger partial charge in [-0.05, 0) is 44.0 Å². The molecule has 8 heteroatoms. The van der Waals surface area contributed by atoms with Crippen molar-refractivity contribution >= 4 is 0 Å². The molecule has 1 aliphatic carbocycles. The van der Waals surface area contributed by atoms with Crippen molar-refractivity contribution in [2.24, 2.45) is 0 Å². The molecule has 3 rings (SSSR count). The molecule has 0 atom stereocenters. The Morgan fingerprint density at radius 1 is 0.964 bits per heavy atom. The third-order valence-corrected chi connectivity index (χ3v) is 4.85. The second-order valence-corrected chi connectivity index (χ2v) is 6.99. The lowest BCUT2D eigenvalue weighted by atomic mass is 9.99. The number of pyridine rings is 1. The maximum atomic E-state index is 13.4. The van der Waals surface area contributed by atoms with Gasteiger partial charge in [0.25, 0.3) is 0 Å². The second kappa shape index (κ2) is 7.39. The number of aromatic nitrogens is 1. The van der Waals surface area contributed by atoms with Crippen molar-refractivity contribution in [1.29, 1.82) is 0 Å². The molecule has 0 amide bonds. The minimum Gasteiger partial charge on any atom is -0.305 e. The molecule has 1 aromatic heterocycles. The number of benzene rings is 1. The van der Waals surface area contributed by atoms with Crippen LogP contribution >= 0.6 is 0 Å². The summed E-state index contributed by atoms with van der Waals surface area (Å²) in [7, 11) is 0. The van der Waals surface area contributed by atoms with Crippen LogP contribution in [0.5, 0.6) is 0 Å². The standard InChI is InChI=1S/C20H18F6N2/c1-18(9-2-3-10-18)27-12-14-5-4-6-17(28-14)15-8-7-13(19(21,22)23)11-16(15)20(24,25)26/h1,4-8,11,27H,2-3,9-10,12H2. The third-order valence-electron chi connectivity index (χ3n) is 4.85. The molecule has 1 heterocycles. The van der Waals surface area contributed by atoms with Gasteiger partial charge in [-0.25, -0.2) is 0 Å². The summed E-state index contributed by atoms with van der Waals surface area (Å²) in [5.74, 6) is 0. The van der Waals surface area contributed by atoms with Crippen molar-refractivity contribution < 1.29 is 26.3 Å². The fraction of sp³-hybridized carbons (Fsp3) is 0.400. The van der Waals surface area contributed by atoms with Gasteiger partial charge < -0.3 is 5.32 Å². The van der Waals surface area contributed by atoms with E-state index in [0.29, 0.717) is 11.8 Å². The van der Waals surface area contributed by atoms with E-state index < -0.39 is 34.6 Å². The highest BCUT2D eigenvalue weighted by molar-refractivity contribution is 5.65. The zero-order valence-corrected chi connectivity index (χ0v) is 14.8. The first-order chi connectivity index (χ1) is 13.0. The Labute approximate surface area is 159 Å². The minimum atomic E-state index is -4.95. The molecule has 1 saturated carbocycles. The van der Waals surface area contributed by atoms with Gasteiger partial charge in [-0.15, -0.1) is 0 Å². The molecule has 150 valence electrons. The van der Waals surface area contributed by atoms with Crippen LogP contribution in [0.3, 0.4) is 0 Å². The summed E-state index contributed by atoms with van der Waals surface area (Å²) in [6.07, 6.45) is -6.23. The van der Waals surface area contributed by atoms with E-state index in [1.807, 2.05) is 0 Å². The molecule has 0 saturated heterocycles. The van der Waals surface area contributed by atoms with Gasteiger partial charge >= 0.3 is 12.4 Å². The van der Waals surface area contributed by atoms with E-state index in [1.54, 1.807) is 6.07 Å². The Balaban J connectivity index is 1.92. The normalized spacial score (nSPS) is 17.1. The van der Waals surface area contributed by atoms with Crippen LogP contribution in [0.2, 0.25) is 0 Å².